The number of fused-ring (bicyclic) bond motifs is 1. The minimum absolute atomic E-state index is 0.214. The number of rotatable bonds is 4. The highest BCUT2D eigenvalue weighted by Crippen LogP contribution is 2.33. The summed E-state index contributed by atoms with van der Waals surface area (Å²) in [6, 6.07) is 13.8. The van der Waals surface area contributed by atoms with Gasteiger partial charge in [-0.25, -0.2) is 13.8 Å². The molecule has 0 saturated carbocycles. The van der Waals surface area contributed by atoms with E-state index in [4.69, 9.17) is 4.98 Å². The van der Waals surface area contributed by atoms with Gasteiger partial charge in [0, 0.05) is 37.4 Å². The lowest BCUT2D eigenvalue weighted by Gasteiger charge is -2.29. The van der Waals surface area contributed by atoms with Crippen molar-refractivity contribution >= 4 is 17.0 Å². The van der Waals surface area contributed by atoms with Crippen molar-refractivity contribution in [3.8, 4) is 11.3 Å². The van der Waals surface area contributed by atoms with Gasteiger partial charge in [-0.1, -0.05) is 24.3 Å². The van der Waals surface area contributed by atoms with E-state index in [9.17, 15) is 8.78 Å². The molecule has 1 saturated heterocycles. The third kappa shape index (κ3) is 3.73. The summed E-state index contributed by atoms with van der Waals surface area (Å²) in [5.41, 5.74) is 4.94. The van der Waals surface area contributed by atoms with Crippen LogP contribution in [0.15, 0.2) is 48.5 Å². The predicted molar refractivity (Wildman–Crippen MR) is 123 cm³/mol. The molecule has 0 amide bonds. The highest BCUT2D eigenvalue weighted by molar-refractivity contribution is 5.92. The highest BCUT2D eigenvalue weighted by Gasteiger charge is 2.23. The third-order valence-corrected chi connectivity index (χ3v) is 5.94. The SMILES string of the molecule is Cc1cc2c(nc(N3CCNCC3)n2Cc2ccc(F)c(C)c2)c(-c2ccccc2F)n1. The van der Waals surface area contributed by atoms with Crippen LogP contribution in [0.1, 0.15) is 16.8 Å². The normalized spacial score (nSPS) is 14.3. The molecule has 0 spiro atoms. The van der Waals surface area contributed by atoms with Crippen LogP contribution in [-0.4, -0.2) is 40.7 Å². The number of aryl methyl sites for hydroxylation is 2. The van der Waals surface area contributed by atoms with Crippen LogP contribution in [0.5, 0.6) is 0 Å². The summed E-state index contributed by atoms with van der Waals surface area (Å²) in [6.07, 6.45) is 0. The van der Waals surface area contributed by atoms with Crippen molar-refractivity contribution in [2.45, 2.75) is 20.4 Å². The molecule has 7 heteroatoms. The average molecular weight is 434 g/mol. The Morgan fingerprint density at radius 1 is 0.938 bits per heavy atom. The molecule has 1 aliphatic rings. The summed E-state index contributed by atoms with van der Waals surface area (Å²) < 4.78 is 30.7. The number of piperazine rings is 1. The molecule has 5 rings (SSSR count). The molecule has 1 aliphatic heterocycles. The van der Waals surface area contributed by atoms with Crippen LogP contribution in [0, 0.1) is 25.5 Å². The predicted octanol–water partition coefficient (Wildman–Crippen LogP) is 4.45. The first-order valence-corrected chi connectivity index (χ1v) is 10.8. The molecule has 0 unspecified atom stereocenters. The van der Waals surface area contributed by atoms with Gasteiger partial charge in [-0.3, -0.25) is 4.98 Å². The van der Waals surface area contributed by atoms with Crippen LogP contribution in [0.25, 0.3) is 22.3 Å². The number of aromatic nitrogens is 3. The van der Waals surface area contributed by atoms with E-state index < -0.39 is 0 Å². The Morgan fingerprint density at radius 3 is 2.47 bits per heavy atom. The molecule has 1 N–H and O–H groups in total. The zero-order chi connectivity index (χ0) is 22.2. The topological polar surface area (TPSA) is 46.0 Å². The number of halogens is 2. The summed E-state index contributed by atoms with van der Waals surface area (Å²) in [5, 5.41) is 3.37. The zero-order valence-electron chi connectivity index (χ0n) is 18.2. The lowest BCUT2D eigenvalue weighted by Crippen LogP contribution is -2.44. The summed E-state index contributed by atoms with van der Waals surface area (Å²) in [6.45, 7) is 7.62. The molecule has 0 bridgehead atoms. The Labute approximate surface area is 185 Å². The van der Waals surface area contributed by atoms with Crippen LogP contribution < -0.4 is 10.2 Å². The van der Waals surface area contributed by atoms with Gasteiger partial charge in [-0.15, -0.1) is 0 Å². The smallest absolute Gasteiger partial charge is 0.207 e. The van der Waals surface area contributed by atoms with Gasteiger partial charge in [0.25, 0.3) is 0 Å². The molecule has 1 fully saturated rings. The molecular weight excluding hydrogens is 408 g/mol. The summed E-state index contributed by atoms with van der Waals surface area (Å²) in [4.78, 5) is 11.9. The van der Waals surface area contributed by atoms with Crippen LogP contribution in [0.4, 0.5) is 14.7 Å². The van der Waals surface area contributed by atoms with Crippen LogP contribution in [0.2, 0.25) is 0 Å². The summed E-state index contributed by atoms with van der Waals surface area (Å²) in [5.74, 6) is 0.293. The standard InChI is InChI=1S/C25H25F2N5/c1-16-13-18(7-8-20(16)26)15-32-22-14-17(2)29-23(19-5-3-4-6-21(19)27)24(22)30-25(32)31-11-9-28-10-12-31/h3-8,13-14,28H,9-12,15H2,1-2H3. The van der Waals surface area contributed by atoms with Gasteiger partial charge in [0.15, 0.2) is 0 Å². The van der Waals surface area contributed by atoms with E-state index in [-0.39, 0.29) is 11.6 Å². The third-order valence-electron chi connectivity index (χ3n) is 5.94. The van der Waals surface area contributed by atoms with Crippen LogP contribution in [0.3, 0.4) is 0 Å². The van der Waals surface area contributed by atoms with E-state index in [1.807, 2.05) is 31.2 Å². The van der Waals surface area contributed by atoms with Gasteiger partial charge in [0.1, 0.15) is 22.8 Å². The molecule has 3 heterocycles. The number of hydrogen-bond acceptors (Lipinski definition) is 4. The fourth-order valence-corrected chi connectivity index (χ4v) is 4.32. The average Bonchev–Trinajstić information content (AvgIpc) is 3.15. The van der Waals surface area contributed by atoms with Crippen molar-refractivity contribution in [2.24, 2.45) is 0 Å². The molecule has 2 aromatic carbocycles. The Hall–Kier alpha value is -3.32. The Kier molecular flexibility index (Phi) is 5.35. The minimum atomic E-state index is -0.320. The van der Waals surface area contributed by atoms with Gasteiger partial charge in [-0.05, 0) is 49.2 Å². The number of hydrogen-bond donors (Lipinski definition) is 1. The number of nitrogens with one attached hydrogen (secondary N) is 1. The largest absolute Gasteiger partial charge is 0.340 e. The lowest BCUT2D eigenvalue weighted by molar-refractivity contribution is 0.571. The first-order chi connectivity index (χ1) is 15.5. The second kappa shape index (κ2) is 8.31. The van der Waals surface area contributed by atoms with E-state index >= 15 is 0 Å². The lowest BCUT2D eigenvalue weighted by atomic mass is 10.1. The van der Waals surface area contributed by atoms with E-state index in [0.29, 0.717) is 28.9 Å². The molecule has 164 valence electrons. The van der Waals surface area contributed by atoms with E-state index in [1.54, 1.807) is 19.1 Å². The molecule has 0 radical (unpaired) electrons. The van der Waals surface area contributed by atoms with Crippen molar-refractivity contribution in [1.82, 2.24) is 19.9 Å². The molecule has 0 aliphatic carbocycles. The van der Waals surface area contributed by atoms with Gasteiger partial charge in [0.2, 0.25) is 5.95 Å². The first-order valence-electron chi connectivity index (χ1n) is 10.8. The minimum Gasteiger partial charge on any atom is -0.340 e. The molecule has 4 aromatic rings. The fraction of sp³-hybridized carbons (Fsp3) is 0.280. The number of pyridine rings is 1. The molecule has 32 heavy (non-hydrogen) atoms. The van der Waals surface area contributed by atoms with Crippen molar-refractivity contribution in [1.29, 1.82) is 0 Å². The van der Waals surface area contributed by atoms with Crippen LogP contribution >= 0.6 is 0 Å². The van der Waals surface area contributed by atoms with E-state index in [1.165, 1.54) is 12.1 Å². The Balaban J connectivity index is 1.72. The van der Waals surface area contributed by atoms with Crippen molar-refractivity contribution in [2.75, 3.05) is 31.1 Å². The maximum absolute atomic E-state index is 14.7. The van der Waals surface area contributed by atoms with E-state index in [0.717, 1.165) is 48.9 Å². The Bertz CT molecular complexity index is 1290. The summed E-state index contributed by atoms with van der Waals surface area (Å²) in [7, 11) is 0. The Morgan fingerprint density at radius 2 is 1.72 bits per heavy atom. The van der Waals surface area contributed by atoms with Gasteiger partial charge >= 0.3 is 0 Å². The van der Waals surface area contributed by atoms with Crippen molar-refractivity contribution < 1.29 is 8.78 Å². The van der Waals surface area contributed by atoms with Gasteiger partial charge in [0.05, 0.1) is 12.1 Å². The van der Waals surface area contributed by atoms with Crippen molar-refractivity contribution in [3.63, 3.8) is 0 Å². The number of anilines is 1. The highest BCUT2D eigenvalue weighted by atomic mass is 19.1. The fourth-order valence-electron chi connectivity index (χ4n) is 4.32. The zero-order valence-corrected chi connectivity index (χ0v) is 18.2. The maximum Gasteiger partial charge on any atom is 0.207 e. The molecule has 2 aromatic heterocycles. The van der Waals surface area contributed by atoms with Crippen molar-refractivity contribution in [3.05, 3.63) is 77.0 Å². The second-order valence-electron chi connectivity index (χ2n) is 8.28. The molecule has 5 nitrogen and oxygen atoms in total. The van der Waals surface area contributed by atoms with E-state index in [2.05, 4.69) is 19.8 Å². The number of benzene rings is 2. The molecular formula is C25H25F2N5. The van der Waals surface area contributed by atoms with Gasteiger partial charge < -0.3 is 14.8 Å². The second-order valence-corrected chi connectivity index (χ2v) is 8.28. The monoisotopic (exact) mass is 433 g/mol. The summed E-state index contributed by atoms with van der Waals surface area (Å²) >= 11 is 0. The maximum atomic E-state index is 14.7. The van der Waals surface area contributed by atoms with Gasteiger partial charge in [-0.2, -0.15) is 0 Å². The molecule has 0 atom stereocenters. The van der Waals surface area contributed by atoms with Crippen LogP contribution in [-0.2, 0) is 6.54 Å². The quantitative estimate of drug-likeness (QED) is 0.517. The number of imidazole rings is 1. The first kappa shape index (κ1) is 20.6. The number of nitrogens with zero attached hydrogens (tertiary/aromatic N) is 4.